The molecule has 0 N–H and O–H groups in total. The Morgan fingerprint density at radius 1 is 1.41 bits per heavy atom. The highest BCUT2D eigenvalue weighted by molar-refractivity contribution is 5.59. The van der Waals surface area contributed by atoms with Crippen LogP contribution >= 0.6 is 0 Å². The average Bonchev–Trinajstić information content (AvgIpc) is 2.69. The van der Waals surface area contributed by atoms with Crippen molar-refractivity contribution in [3.8, 4) is 11.4 Å². The smallest absolute Gasteiger partial charge is 0.383 e. The van der Waals surface area contributed by atoms with Gasteiger partial charge in [0.15, 0.2) is 5.82 Å². The first-order valence-corrected chi connectivity index (χ1v) is 5.35. The van der Waals surface area contributed by atoms with Crippen molar-refractivity contribution >= 4 is 0 Å². The van der Waals surface area contributed by atoms with Gasteiger partial charge in [-0.15, -0.1) is 0 Å². The predicted octanol–water partition coefficient (Wildman–Crippen LogP) is 1.46. The molecule has 0 aliphatic heterocycles. The molecular formula is C12H14N2O3. The van der Waals surface area contributed by atoms with Crippen LogP contribution in [0.4, 0.5) is 0 Å². The summed E-state index contributed by atoms with van der Waals surface area (Å²) in [5.41, 5.74) is 1.95. The van der Waals surface area contributed by atoms with Crippen LogP contribution in [0.5, 0.6) is 0 Å². The summed E-state index contributed by atoms with van der Waals surface area (Å²) in [4.78, 5) is 11.5. The summed E-state index contributed by atoms with van der Waals surface area (Å²) in [6.07, 6.45) is 0. The van der Waals surface area contributed by atoms with E-state index < -0.39 is 5.76 Å². The molecule has 0 unspecified atom stereocenters. The van der Waals surface area contributed by atoms with Gasteiger partial charge in [-0.25, -0.2) is 4.79 Å². The fraction of sp³-hybridized carbons (Fsp3) is 0.333. The molecule has 2 rings (SSSR count). The molecular weight excluding hydrogens is 220 g/mol. The summed E-state index contributed by atoms with van der Waals surface area (Å²) in [7, 11) is 1.59. The Hall–Kier alpha value is -1.88. The van der Waals surface area contributed by atoms with Crippen LogP contribution < -0.4 is 5.76 Å². The summed E-state index contributed by atoms with van der Waals surface area (Å²) in [5.74, 6) is 0.0884. The van der Waals surface area contributed by atoms with Crippen LogP contribution in [0, 0.1) is 6.92 Å². The molecule has 5 heteroatoms. The fourth-order valence-corrected chi connectivity index (χ4v) is 1.67. The van der Waals surface area contributed by atoms with Gasteiger partial charge >= 0.3 is 5.76 Å². The van der Waals surface area contributed by atoms with E-state index in [1.165, 1.54) is 4.57 Å². The molecule has 0 bridgehead atoms. The average molecular weight is 234 g/mol. The maximum atomic E-state index is 11.5. The molecule has 0 fully saturated rings. The zero-order valence-electron chi connectivity index (χ0n) is 9.84. The third-order valence-electron chi connectivity index (χ3n) is 2.59. The Morgan fingerprint density at radius 3 is 2.88 bits per heavy atom. The van der Waals surface area contributed by atoms with E-state index >= 15 is 0 Å². The third-order valence-corrected chi connectivity index (χ3v) is 2.59. The largest absolute Gasteiger partial charge is 0.441 e. The van der Waals surface area contributed by atoms with Gasteiger partial charge in [-0.05, 0) is 12.5 Å². The van der Waals surface area contributed by atoms with Crippen LogP contribution in [-0.4, -0.2) is 23.4 Å². The van der Waals surface area contributed by atoms with Gasteiger partial charge in [0, 0.05) is 12.7 Å². The molecule has 90 valence electrons. The van der Waals surface area contributed by atoms with Gasteiger partial charge in [0.1, 0.15) is 0 Å². The Labute approximate surface area is 98.6 Å². The second kappa shape index (κ2) is 4.97. The Kier molecular flexibility index (Phi) is 3.39. The first kappa shape index (κ1) is 11.6. The Bertz CT molecular complexity index is 557. The molecule has 1 aromatic carbocycles. The molecule has 0 radical (unpaired) electrons. The monoisotopic (exact) mass is 234 g/mol. The maximum absolute atomic E-state index is 11.5. The molecule has 17 heavy (non-hydrogen) atoms. The highest BCUT2D eigenvalue weighted by Crippen LogP contribution is 2.19. The van der Waals surface area contributed by atoms with E-state index in [0.717, 1.165) is 11.1 Å². The summed E-state index contributed by atoms with van der Waals surface area (Å²) >= 11 is 0. The number of nitrogens with zero attached hydrogens (tertiary/aromatic N) is 2. The van der Waals surface area contributed by atoms with Crippen molar-refractivity contribution in [1.29, 1.82) is 0 Å². The quantitative estimate of drug-likeness (QED) is 0.803. The topological polar surface area (TPSA) is 57.3 Å². The van der Waals surface area contributed by atoms with E-state index in [0.29, 0.717) is 19.0 Å². The van der Waals surface area contributed by atoms with Crippen molar-refractivity contribution in [1.82, 2.24) is 9.72 Å². The number of hydrogen-bond acceptors (Lipinski definition) is 4. The number of methoxy groups -OCH3 is 1. The van der Waals surface area contributed by atoms with Crippen molar-refractivity contribution in [3.63, 3.8) is 0 Å². The lowest BCUT2D eigenvalue weighted by Crippen LogP contribution is -2.18. The molecule has 0 aliphatic rings. The second-order valence-electron chi connectivity index (χ2n) is 3.73. The van der Waals surface area contributed by atoms with E-state index in [9.17, 15) is 4.79 Å². The van der Waals surface area contributed by atoms with Crippen molar-refractivity contribution in [2.45, 2.75) is 13.5 Å². The van der Waals surface area contributed by atoms with Crippen molar-refractivity contribution in [2.24, 2.45) is 0 Å². The number of aryl methyl sites for hydroxylation is 1. The molecule has 0 aliphatic carbocycles. The van der Waals surface area contributed by atoms with Gasteiger partial charge in [-0.2, -0.15) is 0 Å². The number of hydrogen-bond donors (Lipinski definition) is 0. The minimum atomic E-state index is -0.458. The first-order chi connectivity index (χ1) is 8.24. The van der Waals surface area contributed by atoms with Crippen molar-refractivity contribution in [3.05, 3.63) is 40.4 Å². The number of ether oxygens (including phenoxy) is 1. The lowest BCUT2D eigenvalue weighted by atomic mass is 10.1. The normalized spacial score (nSPS) is 10.7. The Balaban J connectivity index is 2.46. The van der Waals surface area contributed by atoms with Crippen LogP contribution in [0.2, 0.25) is 0 Å². The zero-order chi connectivity index (χ0) is 12.3. The van der Waals surface area contributed by atoms with Gasteiger partial charge in [0.05, 0.1) is 13.2 Å². The van der Waals surface area contributed by atoms with Crippen molar-refractivity contribution < 1.29 is 9.26 Å². The van der Waals surface area contributed by atoms with Crippen molar-refractivity contribution in [2.75, 3.05) is 13.7 Å². The molecule has 0 spiro atoms. The summed E-state index contributed by atoms with van der Waals surface area (Å²) in [6, 6.07) is 7.73. The van der Waals surface area contributed by atoms with Gasteiger partial charge in [0.2, 0.25) is 0 Å². The number of rotatable bonds is 4. The fourth-order valence-electron chi connectivity index (χ4n) is 1.67. The molecule has 1 heterocycles. The standard InChI is InChI=1S/C12H14N2O3/c1-9-5-3-4-6-10(9)11-13-17-12(15)14(11)7-8-16-2/h3-6H,7-8H2,1-2H3. The van der Waals surface area contributed by atoms with E-state index in [2.05, 4.69) is 5.16 Å². The Morgan fingerprint density at radius 2 is 2.18 bits per heavy atom. The lowest BCUT2D eigenvalue weighted by molar-refractivity contribution is 0.185. The van der Waals surface area contributed by atoms with Crippen LogP contribution in [-0.2, 0) is 11.3 Å². The molecule has 0 saturated heterocycles. The highest BCUT2D eigenvalue weighted by Gasteiger charge is 2.13. The molecule has 2 aromatic rings. The van der Waals surface area contributed by atoms with E-state index in [1.807, 2.05) is 31.2 Å². The predicted molar refractivity (Wildman–Crippen MR) is 62.8 cm³/mol. The maximum Gasteiger partial charge on any atom is 0.441 e. The SMILES string of the molecule is COCCn1c(-c2ccccc2C)noc1=O. The lowest BCUT2D eigenvalue weighted by Gasteiger charge is -2.05. The number of aromatic nitrogens is 2. The van der Waals surface area contributed by atoms with Gasteiger partial charge in [-0.3, -0.25) is 9.09 Å². The minimum absolute atomic E-state index is 0.433. The van der Waals surface area contributed by atoms with E-state index in [-0.39, 0.29) is 0 Å². The van der Waals surface area contributed by atoms with Crippen LogP contribution in [0.1, 0.15) is 5.56 Å². The third kappa shape index (κ3) is 2.29. The molecule has 0 atom stereocenters. The van der Waals surface area contributed by atoms with Crippen LogP contribution in [0.25, 0.3) is 11.4 Å². The van der Waals surface area contributed by atoms with E-state index in [1.54, 1.807) is 7.11 Å². The highest BCUT2D eigenvalue weighted by atomic mass is 16.5. The van der Waals surface area contributed by atoms with Crippen LogP contribution in [0.3, 0.4) is 0 Å². The van der Waals surface area contributed by atoms with Crippen LogP contribution in [0.15, 0.2) is 33.6 Å². The molecule has 1 aromatic heterocycles. The minimum Gasteiger partial charge on any atom is -0.383 e. The van der Waals surface area contributed by atoms with Gasteiger partial charge in [-0.1, -0.05) is 29.4 Å². The number of benzene rings is 1. The van der Waals surface area contributed by atoms with E-state index in [4.69, 9.17) is 9.26 Å². The van der Waals surface area contributed by atoms with Gasteiger partial charge < -0.3 is 4.74 Å². The zero-order valence-corrected chi connectivity index (χ0v) is 9.84. The molecule has 0 saturated carbocycles. The molecule has 5 nitrogen and oxygen atoms in total. The summed E-state index contributed by atoms with van der Waals surface area (Å²) in [5, 5.41) is 3.82. The first-order valence-electron chi connectivity index (χ1n) is 5.35. The second-order valence-corrected chi connectivity index (χ2v) is 3.73. The summed E-state index contributed by atoms with van der Waals surface area (Å²) < 4.78 is 11.1. The molecule has 0 amide bonds. The van der Waals surface area contributed by atoms with Gasteiger partial charge in [0.25, 0.3) is 0 Å². The summed E-state index contributed by atoms with van der Waals surface area (Å²) in [6.45, 7) is 2.84.